The molecule has 0 aromatic heterocycles. The van der Waals surface area contributed by atoms with Crippen LogP contribution >= 0.6 is 0 Å². The number of anilines is 1. The molecule has 5 nitrogen and oxygen atoms in total. The molecule has 1 saturated heterocycles. The van der Waals surface area contributed by atoms with Crippen molar-refractivity contribution >= 4 is 11.7 Å². The van der Waals surface area contributed by atoms with Crippen LogP contribution < -0.4 is 11.1 Å². The van der Waals surface area contributed by atoms with Crippen LogP contribution in [0, 0.1) is 17.2 Å². The van der Waals surface area contributed by atoms with Gasteiger partial charge in [-0.15, -0.1) is 0 Å². The summed E-state index contributed by atoms with van der Waals surface area (Å²) in [6.07, 6.45) is 3.16. The number of nitrogens with one attached hydrogen (secondary N) is 1. The molecule has 1 atom stereocenters. The zero-order chi connectivity index (χ0) is 14.4. The molecule has 2 rings (SSSR count). The Bertz CT molecular complexity index is 490. The SMILES string of the molecule is N#Cc1ccc(NC(=O)N2CCCC(CCN)C2)cc1. The number of likely N-dealkylation sites (tertiary alicyclic amines) is 1. The first kappa shape index (κ1) is 14.4. The third kappa shape index (κ3) is 3.72. The monoisotopic (exact) mass is 272 g/mol. The van der Waals surface area contributed by atoms with Crippen LogP contribution in [0.3, 0.4) is 0 Å². The molecule has 1 aromatic carbocycles. The van der Waals surface area contributed by atoms with E-state index in [4.69, 9.17) is 11.0 Å². The van der Waals surface area contributed by atoms with Crippen molar-refractivity contribution in [3.8, 4) is 6.07 Å². The van der Waals surface area contributed by atoms with E-state index in [0.29, 0.717) is 18.0 Å². The summed E-state index contributed by atoms with van der Waals surface area (Å²) in [5.41, 5.74) is 6.89. The van der Waals surface area contributed by atoms with E-state index < -0.39 is 0 Å². The quantitative estimate of drug-likeness (QED) is 0.884. The smallest absolute Gasteiger partial charge is 0.321 e. The Labute approximate surface area is 119 Å². The van der Waals surface area contributed by atoms with Gasteiger partial charge in [0.1, 0.15) is 0 Å². The van der Waals surface area contributed by atoms with E-state index in [9.17, 15) is 4.79 Å². The first-order valence-corrected chi connectivity index (χ1v) is 6.99. The van der Waals surface area contributed by atoms with Crippen LogP contribution in [0.1, 0.15) is 24.8 Å². The average molecular weight is 272 g/mol. The average Bonchev–Trinajstić information content (AvgIpc) is 2.48. The lowest BCUT2D eigenvalue weighted by Crippen LogP contribution is -2.42. The molecule has 2 amide bonds. The maximum atomic E-state index is 12.2. The first-order valence-electron chi connectivity index (χ1n) is 6.99. The molecule has 0 aliphatic carbocycles. The summed E-state index contributed by atoms with van der Waals surface area (Å²) in [5.74, 6) is 0.514. The first-order chi connectivity index (χ1) is 9.72. The minimum Gasteiger partial charge on any atom is -0.330 e. The van der Waals surface area contributed by atoms with Gasteiger partial charge in [-0.05, 0) is 56.0 Å². The van der Waals surface area contributed by atoms with Crippen LogP contribution in [0.15, 0.2) is 24.3 Å². The minimum atomic E-state index is -0.0728. The molecule has 20 heavy (non-hydrogen) atoms. The second-order valence-corrected chi connectivity index (χ2v) is 5.15. The minimum absolute atomic E-state index is 0.0728. The lowest BCUT2D eigenvalue weighted by molar-refractivity contribution is 0.175. The van der Waals surface area contributed by atoms with Crippen molar-refractivity contribution in [1.29, 1.82) is 5.26 Å². The largest absolute Gasteiger partial charge is 0.330 e. The topological polar surface area (TPSA) is 82.2 Å². The lowest BCUT2D eigenvalue weighted by Gasteiger charge is -2.32. The fourth-order valence-electron chi connectivity index (χ4n) is 2.55. The van der Waals surface area contributed by atoms with E-state index in [2.05, 4.69) is 11.4 Å². The van der Waals surface area contributed by atoms with Gasteiger partial charge in [-0.3, -0.25) is 0 Å². The zero-order valence-corrected chi connectivity index (χ0v) is 11.5. The van der Waals surface area contributed by atoms with Crippen molar-refractivity contribution < 1.29 is 4.79 Å². The van der Waals surface area contributed by atoms with Gasteiger partial charge in [0.15, 0.2) is 0 Å². The number of carbonyl (C=O) groups is 1. The van der Waals surface area contributed by atoms with Crippen LogP contribution in [0.2, 0.25) is 0 Å². The number of nitrogens with two attached hydrogens (primary N) is 1. The summed E-state index contributed by atoms with van der Waals surface area (Å²) in [7, 11) is 0. The summed E-state index contributed by atoms with van der Waals surface area (Å²) in [6.45, 7) is 2.25. The Kier molecular flexibility index (Phi) is 4.97. The van der Waals surface area contributed by atoms with Crippen molar-refractivity contribution in [1.82, 2.24) is 4.90 Å². The van der Waals surface area contributed by atoms with Gasteiger partial charge in [-0.2, -0.15) is 5.26 Å². The van der Waals surface area contributed by atoms with Gasteiger partial charge in [0, 0.05) is 18.8 Å². The Balaban J connectivity index is 1.92. The number of hydrogen-bond donors (Lipinski definition) is 2. The Hall–Kier alpha value is -2.06. The van der Waals surface area contributed by atoms with Crippen molar-refractivity contribution in [2.24, 2.45) is 11.7 Å². The van der Waals surface area contributed by atoms with Gasteiger partial charge in [0.25, 0.3) is 0 Å². The third-order valence-corrected chi connectivity index (χ3v) is 3.65. The van der Waals surface area contributed by atoms with Crippen molar-refractivity contribution in [2.75, 3.05) is 25.0 Å². The van der Waals surface area contributed by atoms with E-state index in [1.165, 1.54) is 0 Å². The number of piperidine rings is 1. The zero-order valence-electron chi connectivity index (χ0n) is 11.5. The molecule has 0 radical (unpaired) electrons. The fourth-order valence-corrected chi connectivity index (χ4v) is 2.55. The normalized spacial score (nSPS) is 18.4. The van der Waals surface area contributed by atoms with E-state index in [-0.39, 0.29) is 6.03 Å². The van der Waals surface area contributed by atoms with Gasteiger partial charge < -0.3 is 16.0 Å². The molecule has 1 aliphatic heterocycles. The number of nitriles is 1. The Morgan fingerprint density at radius 2 is 2.20 bits per heavy atom. The molecule has 1 aliphatic rings. The highest BCUT2D eigenvalue weighted by atomic mass is 16.2. The van der Waals surface area contributed by atoms with E-state index in [0.717, 1.165) is 38.0 Å². The molecular weight excluding hydrogens is 252 g/mol. The number of nitrogens with zero attached hydrogens (tertiary/aromatic N) is 2. The maximum Gasteiger partial charge on any atom is 0.321 e. The molecule has 0 spiro atoms. The summed E-state index contributed by atoms with van der Waals surface area (Å²) in [5, 5.41) is 11.6. The highest BCUT2D eigenvalue weighted by Crippen LogP contribution is 2.20. The van der Waals surface area contributed by atoms with E-state index >= 15 is 0 Å². The summed E-state index contributed by atoms with van der Waals surface area (Å²) < 4.78 is 0. The van der Waals surface area contributed by atoms with Crippen LogP contribution in [0.5, 0.6) is 0 Å². The van der Waals surface area contributed by atoms with Crippen molar-refractivity contribution in [3.05, 3.63) is 29.8 Å². The standard InChI is InChI=1S/C15H20N4O/c16-8-7-13-2-1-9-19(11-13)15(20)18-14-5-3-12(10-17)4-6-14/h3-6,13H,1-2,7-9,11,16H2,(H,18,20). The predicted octanol–water partition coefficient (Wildman–Crippen LogP) is 2.15. The molecule has 3 N–H and O–H groups in total. The van der Waals surface area contributed by atoms with Crippen molar-refractivity contribution in [2.45, 2.75) is 19.3 Å². The van der Waals surface area contributed by atoms with Crippen LogP contribution in [0.25, 0.3) is 0 Å². The van der Waals surface area contributed by atoms with E-state index in [1.54, 1.807) is 24.3 Å². The molecule has 1 unspecified atom stereocenters. The fraction of sp³-hybridized carbons (Fsp3) is 0.467. The second-order valence-electron chi connectivity index (χ2n) is 5.15. The molecule has 106 valence electrons. The Morgan fingerprint density at radius 1 is 1.45 bits per heavy atom. The van der Waals surface area contributed by atoms with Crippen molar-refractivity contribution in [3.63, 3.8) is 0 Å². The Morgan fingerprint density at radius 3 is 2.85 bits per heavy atom. The molecule has 1 aromatic rings. The van der Waals surface area contributed by atoms with Gasteiger partial charge in [0.05, 0.1) is 11.6 Å². The number of hydrogen-bond acceptors (Lipinski definition) is 3. The molecule has 1 heterocycles. The molecule has 1 fully saturated rings. The van der Waals surface area contributed by atoms with Gasteiger partial charge in [-0.1, -0.05) is 0 Å². The lowest BCUT2D eigenvalue weighted by atomic mass is 9.95. The van der Waals surface area contributed by atoms with Gasteiger partial charge >= 0.3 is 6.03 Å². The second kappa shape index (κ2) is 6.92. The maximum absolute atomic E-state index is 12.2. The number of amides is 2. The molecule has 0 bridgehead atoms. The summed E-state index contributed by atoms with van der Waals surface area (Å²) in [6, 6.07) is 8.87. The third-order valence-electron chi connectivity index (χ3n) is 3.65. The number of urea groups is 1. The van der Waals surface area contributed by atoms with Crippen LogP contribution in [0.4, 0.5) is 10.5 Å². The molecular formula is C15H20N4O. The molecule has 0 saturated carbocycles. The van der Waals surface area contributed by atoms with Gasteiger partial charge in [-0.25, -0.2) is 4.79 Å². The summed E-state index contributed by atoms with van der Waals surface area (Å²) >= 11 is 0. The number of carbonyl (C=O) groups excluding carboxylic acids is 1. The van der Waals surface area contributed by atoms with Crippen LogP contribution in [-0.4, -0.2) is 30.6 Å². The highest BCUT2D eigenvalue weighted by Gasteiger charge is 2.23. The number of rotatable bonds is 3. The molecule has 5 heteroatoms. The van der Waals surface area contributed by atoms with Gasteiger partial charge in [0.2, 0.25) is 0 Å². The van der Waals surface area contributed by atoms with Crippen LogP contribution in [-0.2, 0) is 0 Å². The highest BCUT2D eigenvalue weighted by molar-refractivity contribution is 5.89. The predicted molar refractivity (Wildman–Crippen MR) is 78.1 cm³/mol. The van der Waals surface area contributed by atoms with E-state index in [1.807, 2.05) is 4.90 Å². The summed E-state index contributed by atoms with van der Waals surface area (Å²) in [4.78, 5) is 14.0. The number of benzene rings is 1.